The minimum atomic E-state index is -0.940. The van der Waals surface area contributed by atoms with Gasteiger partial charge in [-0.05, 0) is 49.8 Å². The van der Waals surface area contributed by atoms with E-state index < -0.39 is 23.9 Å². The number of carbonyl (C=O) groups is 3. The molecule has 2 rings (SSSR count). The van der Waals surface area contributed by atoms with E-state index in [-0.39, 0.29) is 0 Å². The Hall–Kier alpha value is -3.41. The molecular formula is C21H21NO5. The minimum Gasteiger partial charge on any atom is -0.465 e. The van der Waals surface area contributed by atoms with Crippen molar-refractivity contribution in [1.29, 1.82) is 0 Å². The summed E-state index contributed by atoms with van der Waals surface area (Å²) in [5.74, 6) is -1.49. The predicted octanol–water partition coefficient (Wildman–Crippen LogP) is 3.37. The molecule has 0 aliphatic rings. The Morgan fingerprint density at radius 1 is 1.00 bits per heavy atom. The van der Waals surface area contributed by atoms with Gasteiger partial charge in [-0.1, -0.05) is 29.8 Å². The van der Waals surface area contributed by atoms with E-state index in [2.05, 4.69) is 10.1 Å². The molecule has 0 radical (unpaired) electrons. The molecule has 0 unspecified atom stereocenters. The predicted molar refractivity (Wildman–Crippen MR) is 102 cm³/mol. The molecule has 0 aromatic heterocycles. The lowest BCUT2D eigenvalue weighted by molar-refractivity contribution is -0.148. The van der Waals surface area contributed by atoms with Crippen LogP contribution in [0.5, 0.6) is 0 Å². The molecule has 27 heavy (non-hydrogen) atoms. The van der Waals surface area contributed by atoms with Gasteiger partial charge in [0.25, 0.3) is 5.91 Å². The van der Waals surface area contributed by atoms with E-state index in [4.69, 9.17) is 4.74 Å². The standard InChI is InChI=1S/C21H21NO5/c1-14-4-11-18(12-5-14)22-20(24)15(2)27-19(23)13-8-16-6-9-17(10-7-16)21(25)26-3/h4-13,15H,1-3H3,(H,22,24)/b13-8+/t15-/m1/s1. The van der Waals surface area contributed by atoms with Gasteiger partial charge in [-0.3, -0.25) is 4.79 Å². The first kappa shape index (κ1) is 19.9. The third-order valence-corrected chi connectivity index (χ3v) is 3.72. The van der Waals surface area contributed by atoms with Gasteiger partial charge in [-0.2, -0.15) is 0 Å². The van der Waals surface area contributed by atoms with Crippen molar-refractivity contribution in [3.05, 3.63) is 71.3 Å². The molecule has 0 bridgehead atoms. The first-order valence-corrected chi connectivity index (χ1v) is 8.33. The van der Waals surface area contributed by atoms with Crippen molar-refractivity contribution in [1.82, 2.24) is 0 Å². The fourth-order valence-electron chi connectivity index (χ4n) is 2.16. The summed E-state index contributed by atoms with van der Waals surface area (Å²) in [5.41, 5.74) is 2.84. The number of rotatable bonds is 6. The second-order valence-corrected chi connectivity index (χ2v) is 5.88. The zero-order valence-electron chi connectivity index (χ0n) is 15.4. The number of methoxy groups -OCH3 is 1. The van der Waals surface area contributed by atoms with Crippen LogP contribution in [-0.4, -0.2) is 31.1 Å². The number of nitrogens with one attached hydrogen (secondary N) is 1. The van der Waals surface area contributed by atoms with Crippen LogP contribution in [0.4, 0.5) is 5.69 Å². The maximum absolute atomic E-state index is 12.1. The molecule has 0 aliphatic heterocycles. The van der Waals surface area contributed by atoms with Crippen LogP contribution >= 0.6 is 0 Å². The van der Waals surface area contributed by atoms with Crippen molar-refractivity contribution in [3.63, 3.8) is 0 Å². The molecule has 0 aliphatic carbocycles. The highest BCUT2D eigenvalue weighted by atomic mass is 16.5. The summed E-state index contributed by atoms with van der Waals surface area (Å²) in [6.45, 7) is 3.45. The van der Waals surface area contributed by atoms with Crippen molar-refractivity contribution in [2.24, 2.45) is 0 Å². The Morgan fingerprint density at radius 2 is 1.63 bits per heavy atom. The largest absolute Gasteiger partial charge is 0.465 e. The number of amides is 1. The van der Waals surface area contributed by atoms with Crippen LogP contribution in [-0.2, 0) is 19.1 Å². The number of anilines is 1. The van der Waals surface area contributed by atoms with Crippen LogP contribution in [0.2, 0.25) is 0 Å². The third-order valence-electron chi connectivity index (χ3n) is 3.72. The molecule has 0 heterocycles. The molecule has 1 N–H and O–H groups in total. The summed E-state index contributed by atoms with van der Waals surface area (Å²) in [4.78, 5) is 35.3. The molecule has 0 saturated heterocycles. The fourth-order valence-corrected chi connectivity index (χ4v) is 2.16. The van der Waals surface area contributed by atoms with Crippen molar-refractivity contribution in [3.8, 4) is 0 Å². The number of esters is 2. The van der Waals surface area contributed by atoms with Gasteiger partial charge < -0.3 is 14.8 Å². The lowest BCUT2D eigenvalue weighted by Crippen LogP contribution is -2.29. The lowest BCUT2D eigenvalue weighted by Gasteiger charge is -2.12. The van der Waals surface area contributed by atoms with Gasteiger partial charge in [0.05, 0.1) is 12.7 Å². The number of benzene rings is 2. The molecule has 0 saturated carbocycles. The average molecular weight is 367 g/mol. The Kier molecular flexibility index (Phi) is 6.88. The summed E-state index contributed by atoms with van der Waals surface area (Å²) in [5, 5.41) is 2.69. The SMILES string of the molecule is COC(=O)c1ccc(/C=C/C(=O)O[C@H](C)C(=O)Nc2ccc(C)cc2)cc1. The molecule has 140 valence electrons. The summed E-state index contributed by atoms with van der Waals surface area (Å²) in [6, 6.07) is 13.8. The highest BCUT2D eigenvalue weighted by Crippen LogP contribution is 2.10. The van der Waals surface area contributed by atoms with E-state index >= 15 is 0 Å². The first-order chi connectivity index (χ1) is 12.9. The van der Waals surface area contributed by atoms with Gasteiger partial charge in [-0.15, -0.1) is 0 Å². The molecule has 0 fully saturated rings. The van der Waals surface area contributed by atoms with E-state index in [9.17, 15) is 14.4 Å². The summed E-state index contributed by atoms with van der Waals surface area (Å²) in [6.07, 6.45) is 1.82. The quantitative estimate of drug-likeness (QED) is 0.625. The summed E-state index contributed by atoms with van der Waals surface area (Å²) < 4.78 is 9.72. The zero-order chi connectivity index (χ0) is 19.8. The van der Waals surface area contributed by atoms with E-state index in [1.807, 2.05) is 19.1 Å². The van der Waals surface area contributed by atoms with E-state index in [0.29, 0.717) is 16.8 Å². The molecule has 1 amide bonds. The van der Waals surface area contributed by atoms with Gasteiger partial charge in [0, 0.05) is 11.8 Å². The van der Waals surface area contributed by atoms with Crippen LogP contribution in [0, 0.1) is 6.92 Å². The molecule has 6 nitrogen and oxygen atoms in total. The zero-order valence-corrected chi connectivity index (χ0v) is 15.4. The van der Waals surface area contributed by atoms with Gasteiger partial charge in [0.2, 0.25) is 0 Å². The maximum Gasteiger partial charge on any atom is 0.337 e. The first-order valence-electron chi connectivity index (χ1n) is 8.33. The molecule has 2 aromatic carbocycles. The average Bonchev–Trinajstić information content (AvgIpc) is 2.67. The molecule has 1 atom stereocenters. The number of carbonyl (C=O) groups excluding carboxylic acids is 3. The Labute approximate surface area is 157 Å². The van der Waals surface area contributed by atoms with Crippen molar-refractivity contribution >= 4 is 29.6 Å². The van der Waals surface area contributed by atoms with Crippen LogP contribution in [0.15, 0.2) is 54.6 Å². The Morgan fingerprint density at radius 3 is 2.22 bits per heavy atom. The molecule has 2 aromatic rings. The highest BCUT2D eigenvalue weighted by Gasteiger charge is 2.16. The number of hydrogen-bond acceptors (Lipinski definition) is 5. The maximum atomic E-state index is 12.1. The smallest absolute Gasteiger partial charge is 0.337 e. The summed E-state index contributed by atoms with van der Waals surface area (Å²) in [7, 11) is 1.31. The number of ether oxygens (including phenoxy) is 2. The second kappa shape index (κ2) is 9.33. The Balaban J connectivity index is 1.88. The summed E-state index contributed by atoms with van der Waals surface area (Å²) >= 11 is 0. The van der Waals surface area contributed by atoms with E-state index in [1.165, 1.54) is 26.2 Å². The lowest BCUT2D eigenvalue weighted by atomic mass is 10.1. The minimum absolute atomic E-state index is 0.414. The van der Waals surface area contributed by atoms with Crippen molar-refractivity contribution in [2.75, 3.05) is 12.4 Å². The normalized spacial score (nSPS) is 11.7. The molecule has 0 spiro atoms. The second-order valence-electron chi connectivity index (χ2n) is 5.88. The van der Waals surface area contributed by atoms with Crippen LogP contribution in [0.1, 0.15) is 28.4 Å². The highest BCUT2D eigenvalue weighted by molar-refractivity contribution is 5.96. The van der Waals surface area contributed by atoms with Gasteiger partial charge >= 0.3 is 11.9 Å². The topological polar surface area (TPSA) is 81.7 Å². The fraction of sp³-hybridized carbons (Fsp3) is 0.190. The number of hydrogen-bond donors (Lipinski definition) is 1. The number of aryl methyl sites for hydroxylation is 1. The van der Waals surface area contributed by atoms with Crippen LogP contribution in [0.25, 0.3) is 6.08 Å². The monoisotopic (exact) mass is 367 g/mol. The van der Waals surface area contributed by atoms with Gasteiger partial charge in [0.15, 0.2) is 6.10 Å². The molecule has 6 heteroatoms. The Bertz CT molecular complexity index is 838. The van der Waals surface area contributed by atoms with Crippen molar-refractivity contribution in [2.45, 2.75) is 20.0 Å². The van der Waals surface area contributed by atoms with Gasteiger partial charge in [0.1, 0.15) is 0 Å². The van der Waals surface area contributed by atoms with E-state index in [0.717, 1.165) is 5.56 Å². The van der Waals surface area contributed by atoms with Gasteiger partial charge in [-0.25, -0.2) is 9.59 Å². The van der Waals surface area contributed by atoms with E-state index in [1.54, 1.807) is 36.4 Å². The third kappa shape index (κ3) is 6.11. The van der Waals surface area contributed by atoms with Crippen molar-refractivity contribution < 1.29 is 23.9 Å². The van der Waals surface area contributed by atoms with Crippen LogP contribution < -0.4 is 5.32 Å². The van der Waals surface area contributed by atoms with Crippen LogP contribution in [0.3, 0.4) is 0 Å². The molecular weight excluding hydrogens is 346 g/mol.